The second-order valence-corrected chi connectivity index (χ2v) is 10.4. The van der Waals surface area contributed by atoms with Crippen LogP contribution in [0.25, 0.3) is 0 Å². The first-order valence-electron chi connectivity index (χ1n) is 13.0. The van der Waals surface area contributed by atoms with E-state index in [1.54, 1.807) is 25.1 Å². The Morgan fingerprint density at radius 2 is 1.77 bits per heavy atom. The molecule has 2 aliphatic heterocycles. The number of para-hydroxylation sites is 1. The van der Waals surface area contributed by atoms with Gasteiger partial charge < -0.3 is 14.7 Å². The van der Waals surface area contributed by atoms with Gasteiger partial charge in [0.1, 0.15) is 5.82 Å². The number of amides is 3. The normalized spacial score (nSPS) is 16.4. The number of aryl methyl sites for hydroxylation is 1. The summed E-state index contributed by atoms with van der Waals surface area (Å²) in [6.07, 6.45) is -1.98. The number of hydrogen-bond acceptors (Lipinski definition) is 4. The third kappa shape index (κ3) is 5.09. The molecule has 1 fully saturated rings. The van der Waals surface area contributed by atoms with Gasteiger partial charge >= 0.3 is 18.2 Å². The van der Waals surface area contributed by atoms with Crippen LogP contribution in [0.5, 0.6) is 0 Å². The van der Waals surface area contributed by atoms with Crippen LogP contribution in [0, 0.1) is 12.7 Å². The third-order valence-electron chi connectivity index (χ3n) is 7.48. The molecule has 3 amide bonds. The SMILES string of the molecule is Cc1cccc(F)c1N1CCC(N2Cc3cn(C(=O)N(C)C)nc3N(Cc3ccccc3C(F)(F)F)C2=O)CC1. The maximum Gasteiger partial charge on any atom is 0.416 e. The Kier molecular flexibility index (Phi) is 7.19. The zero-order valence-corrected chi connectivity index (χ0v) is 22.5. The lowest BCUT2D eigenvalue weighted by molar-refractivity contribution is -0.138. The molecule has 0 N–H and O–H groups in total. The topological polar surface area (TPSA) is 64.9 Å². The molecule has 0 unspecified atom stereocenters. The van der Waals surface area contributed by atoms with Gasteiger partial charge in [-0.1, -0.05) is 30.3 Å². The summed E-state index contributed by atoms with van der Waals surface area (Å²) in [4.78, 5) is 32.6. The van der Waals surface area contributed by atoms with Crippen molar-refractivity contribution in [2.75, 3.05) is 37.0 Å². The van der Waals surface area contributed by atoms with Crippen molar-refractivity contribution < 1.29 is 27.2 Å². The summed E-state index contributed by atoms with van der Waals surface area (Å²) in [5.74, 6) is -0.141. The van der Waals surface area contributed by atoms with E-state index in [4.69, 9.17) is 0 Å². The number of benzene rings is 2. The number of alkyl halides is 3. The number of aromatic nitrogens is 2. The average molecular weight is 559 g/mol. The predicted molar refractivity (Wildman–Crippen MR) is 142 cm³/mol. The van der Waals surface area contributed by atoms with E-state index in [0.717, 1.165) is 16.3 Å². The van der Waals surface area contributed by atoms with Crippen LogP contribution in [-0.2, 0) is 19.3 Å². The van der Waals surface area contributed by atoms with Crippen molar-refractivity contribution in [2.45, 2.75) is 45.1 Å². The highest BCUT2D eigenvalue weighted by Crippen LogP contribution is 2.37. The summed E-state index contributed by atoms with van der Waals surface area (Å²) in [6, 6.07) is 8.91. The molecule has 1 saturated heterocycles. The Bertz CT molecular complexity index is 1410. The highest BCUT2D eigenvalue weighted by atomic mass is 19.4. The molecule has 40 heavy (non-hydrogen) atoms. The van der Waals surface area contributed by atoms with Crippen molar-refractivity contribution in [1.29, 1.82) is 0 Å². The molecule has 0 saturated carbocycles. The van der Waals surface area contributed by atoms with E-state index >= 15 is 0 Å². The Morgan fingerprint density at radius 1 is 1.07 bits per heavy atom. The Morgan fingerprint density at radius 3 is 2.42 bits per heavy atom. The fraction of sp³-hybridized carbons (Fsp3) is 0.393. The van der Waals surface area contributed by atoms with Crippen molar-refractivity contribution in [3.63, 3.8) is 0 Å². The summed E-state index contributed by atoms with van der Waals surface area (Å²) in [5, 5.41) is 4.32. The summed E-state index contributed by atoms with van der Waals surface area (Å²) in [7, 11) is 3.12. The minimum Gasteiger partial charge on any atom is -0.369 e. The van der Waals surface area contributed by atoms with Crippen LogP contribution in [0.3, 0.4) is 0 Å². The highest BCUT2D eigenvalue weighted by molar-refractivity contribution is 5.94. The summed E-state index contributed by atoms with van der Waals surface area (Å²) in [6.45, 7) is 2.67. The van der Waals surface area contributed by atoms with E-state index < -0.39 is 23.8 Å². The van der Waals surface area contributed by atoms with Crippen LogP contribution < -0.4 is 9.80 Å². The van der Waals surface area contributed by atoms with Gasteiger partial charge in [0.05, 0.1) is 24.3 Å². The maximum atomic E-state index is 14.6. The molecular formula is C28H30F4N6O2. The number of hydrogen-bond donors (Lipinski definition) is 0. The van der Waals surface area contributed by atoms with E-state index in [9.17, 15) is 27.2 Å². The number of fused-ring (bicyclic) bond motifs is 1. The second-order valence-electron chi connectivity index (χ2n) is 10.4. The van der Waals surface area contributed by atoms with E-state index in [2.05, 4.69) is 5.10 Å². The summed E-state index contributed by atoms with van der Waals surface area (Å²) < 4.78 is 57.0. The maximum absolute atomic E-state index is 14.6. The van der Waals surface area contributed by atoms with Gasteiger partial charge in [-0.05, 0) is 43.0 Å². The van der Waals surface area contributed by atoms with Gasteiger partial charge in [-0.15, -0.1) is 5.10 Å². The van der Waals surface area contributed by atoms with E-state index in [1.807, 2.05) is 17.9 Å². The molecule has 5 rings (SSSR count). The Labute approximate surface area is 229 Å². The van der Waals surface area contributed by atoms with Gasteiger partial charge in [-0.25, -0.2) is 14.0 Å². The zero-order valence-electron chi connectivity index (χ0n) is 22.5. The van der Waals surface area contributed by atoms with Crippen molar-refractivity contribution in [3.8, 4) is 0 Å². The Hall–Kier alpha value is -4.09. The van der Waals surface area contributed by atoms with E-state index in [-0.39, 0.29) is 36.3 Å². The van der Waals surface area contributed by atoms with Gasteiger partial charge in [-0.2, -0.15) is 17.9 Å². The number of nitrogens with zero attached hydrogens (tertiary/aromatic N) is 6. The average Bonchev–Trinajstić information content (AvgIpc) is 3.34. The van der Waals surface area contributed by atoms with Crippen molar-refractivity contribution in [2.24, 2.45) is 0 Å². The van der Waals surface area contributed by atoms with Gasteiger partial charge in [0.25, 0.3) is 0 Å². The predicted octanol–water partition coefficient (Wildman–Crippen LogP) is 5.49. The van der Waals surface area contributed by atoms with Crippen LogP contribution in [0.15, 0.2) is 48.7 Å². The van der Waals surface area contributed by atoms with Crippen molar-refractivity contribution in [3.05, 3.63) is 76.7 Å². The molecule has 0 atom stereocenters. The first-order valence-corrected chi connectivity index (χ1v) is 13.0. The Balaban J connectivity index is 1.45. The lowest BCUT2D eigenvalue weighted by Gasteiger charge is -2.43. The lowest BCUT2D eigenvalue weighted by Crippen LogP contribution is -2.54. The first-order chi connectivity index (χ1) is 19.0. The molecule has 2 aromatic carbocycles. The molecule has 212 valence electrons. The molecule has 0 radical (unpaired) electrons. The minimum atomic E-state index is -4.60. The first kappa shape index (κ1) is 27.5. The number of halogens is 4. The second kappa shape index (κ2) is 10.5. The number of carbonyl (C=O) groups excluding carboxylic acids is 2. The van der Waals surface area contributed by atoms with E-state index in [0.29, 0.717) is 37.2 Å². The summed E-state index contributed by atoms with van der Waals surface area (Å²) >= 11 is 0. The van der Waals surface area contributed by atoms with Crippen molar-refractivity contribution in [1.82, 2.24) is 19.6 Å². The summed E-state index contributed by atoms with van der Waals surface area (Å²) in [5.41, 5.74) is 1.02. The zero-order chi connectivity index (χ0) is 28.8. The van der Waals surface area contributed by atoms with Gasteiger partial charge in [0, 0.05) is 45.0 Å². The van der Waals surface area contributed by atoms with Crippen LogP contribution in [0.4, 0.5) is 38.7 Å². The standard InChI is InChI=1S/C28H30F4N6O2/c1-18-7-6-10-23(29)24(18)35-13-11-21(12-14-35)36-16-20-17-38(26(39)34(2)3)33-25(20)37(27(36)40)15-19-8-4-5-9-22(19)28(30,31)32/h4-10,17,21H,11-16H2,1-3H3. The molecule has 0 bridgehead atoms. The molecule has 3 heterocycles. The molecule has 8 nitrogen and oxygen atoms in total. The van der Waals surface area contributed by atoms with Crippen LogP contribution >= 0.6 is 0 Å². The molecule has 2 aliphatic rings. The molecule has 1 aromatic heterocycles. The van der Waals surface area contributed by atoms with Crippen LogP contribution in [-0.4, -0.2) is 64.9 Å². The van der Waals surface area contributed by atoms with Gasteiger partial charge in [0.15, 0.2) is 5.82 Å². The number of urea groups is 1. The van der Waals surface area contributed by atoms with Crippen molar-refractivity contribution >= 4 is 23.6 Å². The number of carbonyl (C=O) groups is 2. The largest absolute Gasteiger partial charge is 0.416 e. The fourth-order valence-electron chi connectivity index (χ4n) is 5.50. The fourth-order valence-corrected chi connectivity index (χ4v) is 5.50. The molecule has 12 heteroatoms. The number of anilines is 2. The van der Waals surface area contributed by atoms with Crippen LogP contribution in [0.2, 0.25) is 0 Å². The third-order valence-corrected chi connectivity index (χ3v) is 7.48. The van der Waals surface area contributed by atoms with Crippen LogP contribution in [0.1, 0.15) is 35.1 Å². The molecule has 0 spiro atoms. The molecule has 0 aliphatic carbocycles. The molecular weight excluding hydrogens is 528 g/mol. The lowest BCUT2D eigenvalue weighted by atomic mass is 10.00. The molecule has 3 aromatic rings. The van der Waals surface area contributed by atoms with Gasteiger partial charge in [-0.3, -0.25) is 4.90 Å². The number of rotatable bonds is 4. The van der Waals surface area contributed by atoms with E-state index in [1.165, 1.54) is 40.3 Å². The smallest absolute Gasteiger partial charge is 0.369 e. The number of piperidine rings is 1. The minimum absolute atomic E-state index is 0.0746. The monoisotopic (exact) mass is 558 g/mol. The quantitative estimate of drug-likeness (QED) is 0.398. The van der Waals surface area contributed by atoms with Gasteiger partial charge in [0.2, 0.25) is 0 Å². The highest BCUT2D eigenvalue weighted by Gasteiger charge is 2.40.